The van der Waals surface area contributed by atoms with Gasteiger partial charge in [-0.3, -0.25) is 14.6 Å². The maximum atomic E-state index is 15.1. The molecule has 1 saturated heterocycles. The number of amidine groups is 1. The van der Waals surface area contributed by atoms with Gasteiger partial charge in [0.05, 0.1) is 5.41 Å². The van der Waals surface area contributed by atoms with E-state index in [0.717, 1.165) is 31.5 Å². The molecule has 1 aromatic rings. The number of sulfonamides is 1. The summed E-state index contributed by atoms with van der Waals surface area (Å²) in [7, 11) is -2.42. The summed E-state index contributed by atoms with van der Waals surface area (Å²) in [6.45, 7) is 5.53. The topological polar surface area (TPSA) is 99.2 Å². The number of carbonyl (C=O) groups is 2. The van der Waals surface area contributed by atoms with E-state index in [1.807, 2.05) is 0 Å². The van der Waals surface area contributed by atoms with Crippen LogP contribution < -0.4 is 10.2 Å². The Labute approximate surface area is 212 Å². The lowest BCUT2D eigenvalue weighted by molar-refractivity contribution is -0.125. The van der Waals surface area contributed by atoms with Crippen molar-refractivity contribution < 1.29 is 22.4 Å². The molecule has 4 rings (SSSR count). The number of aliphatic imine (C=N–C) groups is 1. The first kappa shape index (κ1) is 26.5. The van der Waals surface area contributed by atoms with Crippen LogP contribution in [0.5, 0.6) is 0 Å². The highest BCUT2D eigenvalue weighted by molar-refractivity contribution is 7.92. The Hall–Kier alpha value is -2.59. The highest BCUT2D eigenvalue weighted by Gasteiger charge is 2.48. The van der Waals surface area contributed by atoms with Crippen molar-refractivity contribution in [3.8, 4) is 0 Å². The zero-order chi connectivity index (χ0) is 26.3. The zero-order valence-electron chi connectivity index (χ0n) is 21.4. The second-order valence-electron chi connectivity index (χ2n) is 10.4. The first-order chi connectivity index (χ1) is 16.9. The first-order valence-electron chi connectivity index (χ1n) is 12.6. The van der Waals surface area contributed by atoms with Gasteiger partial charge in [-0.25, -0.2) is 12.8 Å². The van der Waals surface area contributed by atoms with Crippen LogP contribution in [-0.4, -0.2) is 56.0 Å². The Bertz CT molecular complexity index is 1210. The van der Waals surface area contributed by atoms with Gasteiger partial charge in [-0.2, -0.15) is 4.31 Å². The van der Waals surface area contributed by atoms with Crippen LogP contribution in [0.4, 0.5) is 10.1 Å². The molecule has 2 amide bonds. The van der Waals surface area contributed by atoms with E-state index in [9.17, 15) is 18.0 Å². The lowest BCUT2D eigenvalue weighted by Crippen LogP contribution is -2.50. The molecule has 0 aromatic heterocycles. The summed E-state index contributed by atoms with van der Waals surface area (Å²) in [6.07, 6.45) is 4.79. The number of rotatable bonds is 5. The van der Waals surface area contributed by atoms with Crippen molar-refractivity contribution in [3.05, 3.63) is 34.7 Å². The summed E-state index contributed by atoms with van der Waals surface area (Å²) in [6, 6.07) is 4.69. The minimum atomic E-state index is -4.04. The summed E-state index contributed by atoms with van der Waals surface area (Å²) >= 11 is 0. The van der Waals surface area contributed by atoms with Crippen LogP contribution in [0.25, 0.3) is 5.83 Å². The van der Waals surface area contributed by atoms with Gasteiger partial charge < -0.3 is 10.2 Å². The number of anilines is 1. The molecule has 1 aromatic carbocycles. The van der Waals surface area contributed by atoms with E-state index in [2.05, 4.69) is 12.2 Å². The molecule has 3 aliphatic rings. The lowest BCUT2D eigenvalue weighted by atomic mass is 9.82. The van der Waals surface area contributed by atoms with Crippen LogP contribution in [0.3, 0.4) is 0 Å². The quantitative estimate of drug-likeness (QED) is 0.642. The molecule has 1 spiro atoms. The van der Waals surface area contributed by atoms with Crippen molar-refractivity contribution in [1.29, 1.82) is 0 Å². The molecule has 2 fully saturated rings. The monoisotopic (exact) mass is 518 g/mol. The van der Waals surface area contributed by atoms with E-state index in [1.165, 1.54) is 22.2 Å². The van der Waals surface area contributed by atoms with E-state index < -0.39 is 21.4 Å². The minimum Gasteiger partial charge on any atom is -0.316 e. The number of benzene rings is 1. The molecule has 8 nitrogen and oxygen atoms in total. The summed E-state index contributed by atoms with van der Waals surface area (Å²) < 4.78 is 42.3. The van der Waals surface area contributed by atoms with Crippen LogP contribution in [-0.2, 0) is 19.6 Å². The Morgan fingerprint density at radius 2 is 1.86 bits per heavy atom. The van der Waals surface area contributed by atoms with Crippen molar-refractivity contribution in [2.45, 2.75) is 64.8 Å². The molecule has 2 heterocycles. The maximum absolute atomic E-state index is 15.1. The number of aryl methyl sites for hydroxylation is 1. The second-order valence-corrected chi connectivity index (χ2v) is 12.2. The van der Waals surface area contributed by atoms with E-state index in [-0.39, 0.29) is 49.2 Å². The fourth-order valence-electron chi connectivity index (χ4n) is 5.29. The SMILES string of the molecule is CC(=O)N(C)c1ccc(C(F)=CS(=O)(=O)N2CCC3(CC2)N=C(C2CCC(C)CC2)NC3=O)c(C)c1. The fourth-order valence-corrected chi connectivity index (χ4v) is 6.52. The number of nitrogens with one attached hydrogen (secondary N) is 1. The van der Waals surface area contributed by atoms with E-state index in [4.69, 9.17) is 4.99 Å². The van der Waals surface area contributed by atoms with Gasteiger partial charge in [0.25, 0.3) is 5.91 Å². The normalized spacial score (nSPS) is 25.0. The number of hydrogen-bond acceptors (Lipinski definition) is 5. The standard InChI is InChI=1S/C26H35FN4O4S/c1-17-5-7-20(8-6-17)24-28-25(33)26(29-24)11-13-31(14-12-26)36(34,35)16-23(27)22-10-9-21(15-18(22)2)30(4)19(3)32/h9-10,15-17,20H,5-8,11-14H2,1-4H3,(H,28,29,33). The molecule has 0 unspecified atom stereocenters. The van der Waals surface area contributed by atoms with Crippen LogP contribution >= 0.6 is 0 Å². The van der Waals surface area contributed by atoms with Crippen molar-refractivity contribution in [2.75, 3.05) is 25.0 Å². The van der Waals surface area contributed by atoms with Gasteiger partial charge in [-0.1, -0.05) is 19.8 Å². The molecular formula is C26H35FN4O4S. The number of piperidine rings is 1. The highest BCUT2D eigenvalue weighted by Crippen LogP contribution is 2.36. The average molecular weight is 519 g/mol. The molecule has 0 atom stereocenters. The molecular weight excluding hydrogens is 483 g/mol. The first-order valence-corrected chi connectivity index (χ1v) is 14.1. The predicted octanol–water partition coefficient (Wildman–Crippen LogP) is 3.76. The van der Waals surface area contributed by atoms with Crippen molar-refractivity contribution in [3.63, 3.8) is 0 Å². The third kappa shape index (κ3) is 5.25. The van der Waals surface area contributed by atoms with Gasteiger partial charge in [0.15, 0.2) is 0 Å². The lowest BCUT2D eigenvalue weighted by Gasteiger charge is -2.34. The number of amides is 2. The maximum Gasteiger partial charge on any atom is 0.253 e. The number of hydrogen-bond donors (Lipinski definition) is 1. The highest BCUT2D eigenvalue weighted by atomic mass is 32.2. The zero-order valence-corrected chi connectivity index (χ0v) is 22.2. The largest absolute Gasteiger partial charge is 0.316 e. The van der Waals surface area contributed by atoms with Crippen molar-refractivity contribution in [1.82, 2.24) is 9.62 Å². The van der Waals surface area contributed by atoms with Crippen LogP contribution in [0.1, 0.15) is 63.5 Å². The molecule has 0 radical (unpaired) electrons. The Kier molecular flexibility index (Phi) is 7.39. The Morgan fingerprint density at radius 3 is 2.44 bits per heavy atom. The van der Waals surface area contributed by atoms with Crippen molar-refractivity contribution >= 4 is 39.2 Å². The van der Waals surface area contributed by atoms with Gasteiger partial charge in [0.2, 0.25) is 15.9 Å². The van der Waals surface area contributed by atoms with Gasteiger partial charge in [0, 0.05) is 44.2 Å². The second kappa shape index (κ2) is 10.0. The molecule has 10 heteroatoms. The third-order valence-electron chi connectivity index (χ3n) is 7.89. The molecule has 196 valence electrons. The Balaban J connectivity index is 1.45. The number of nitrogens with zero attached hydrogens (tertiary/aromatic N) is 3. The Morgan fingerprint density at radius 1 is 1.22 bits per heavy atom. The summed E-state index contributed by atoms with van der Waals surface area (Å²) in [5.74, 6) is 0.524. The van der Waals surface area contributed by atoms with Gasteiger partial charge in [0.1, 0.15) is 17.2 Å². The average Bonchev–Trinajstić information content (AvgIpc) is 3.14. The summed E-state index contributed by atoms with van der Waals surface area (Å²) in [4.78, 5) is 30.7. The van der Waals surface area contributed by atoms with Crippen molar-refractivity contribution in [2.24, 2.45) is 16.8 Å². The molecule has 2 aliphatic heterocycles. The number of carbonyl (C=O) groups excluding carboxylic acids is 2. The molecule has 0 bridgehead atoms. The predicted molar refractivity (Wildman–Crippen MR) is 139 cm³/mol. The van der Waals surface area contributed by atoms with Gasteiger partial charge >= 0.3 is 0 Å². The van der Waals surface area contributed by atoms with Gasteiger partial charge in [-0.05, 0) is 62.3 Å². The molecule has 36 heavy (non-hydrogen) atoms. The smallest absolute Gasteiger partial charge is 0.253 e. The van der Waals surface area contributed by atoms with Crippen LogP contribution in [0.2, 0.25) is 0 Å². The summed E-state index contributed by atoms with van der Waals surface area (Å²) in [5, 5.41) is 3.63. The fraction of sp³-hybridized carbons (Fsp3) is 0.577. The van der Waals surface area contributed by atoms with Gasteiger partial charge in [-0.15, -0.1) is 0 Å². The van der Waals surface area contributed by atoms with E-state index >= 15 is 4.39 Å². The summed E-state index contributed by atoms with van der Waals surface area (Å²) in [5.41, 5.74) is 0.336. The minimum absolute atomic E-state index is 0.0966. The van der Waals surface area contributed by atoms with Crippen LogP contribution in [0.15, 0.2) is 28.6 Å². The molecule has 1 aliphatic carbocycles. The van der Waals surface area contributed by atoms with Crippen LogP contribution in [0, 0.1) is 18.8 Å². The van der Waals surface area contributed by atoms with E-state index in [0.29, 0.717) is 22.6 Å². The number of halogens is 1. The van der Waals surface area contributed by atoms with E-state index in [1.54, 1.807) is 26.1 Å². The molecule has 1 saturated carbocycles. The molecule has 1 N–H and O–H groups in total. The third-order valence-corrected chi connectivity index (χ3v) is 9.48.